The van der Waals surface area contributed by atoms with E-state index in [1.165, 1.54) is 26.4 Å². The van der Waals surface area contributed by atoms with E-state index in [1.54, 1.807) is 18.2 Å². The summed E-state index contributed by atoms with van der Waals surface area (Å²) in [6.07, 6.45) is 1.31. The molecule has 24 heavy (non-hydrogen) atoms. The first-order valence-corrected chi connectivity index (χ1v) is 7.75. The molecule has 0 aliphatic rings. The fourth-order valence-corrected chi connectivity index (χ4v) is 2.47. The molecule has 10 heteroatoms. The van der Waals surface area contributed by atoms with Gasteiger partial charge < -0.3 is 5.11 Å². The molecule has 0 saturated heterocycles. The van der Waals surface area contributed by atoms with Crippen LogP contribution in [0.5, 0.6) is 5.75 Å². The number of nitrogens with one attached hydrogen (secondary N) is 1. The van der Waals surface area contributed by atoms with Gasteiger partial charge in [0.05, 0.1) is 12.0 Å². The number of aromatic nitrogens is 3. The molecule has 1 heterocycles. The van der Waals surface area contributed by atoms with Gasteiger partial charge in [-0.15, -0.1) is 0 Å². The maximum absolute atomic E-state index is 11.9. The number of carbonyl (C=O) groups excluding carboxylic acids is 1. The standard InChI is InChI=1S/C14H15N5O4S/c1-18-13(22)12(17-19(2)14(18)23)24-8-11(21)16-15-7-9-5-3-4-6-10(9)20/h3-7,20H,8H2,1-2H3,(H,16,21)/b15-7+. The van der Waals surface area contributed by atoms with Gasteiger partial charge in [0, 0.05) is 19.7 Å². The minimum Gasteiger partial charge on any atom is -0.507 e. The molecule has 0 radical (unpaired) electrons. The van der Waals surface area contributed by atoms with Crippen LogP contribution < -0.4 is 16.7 Å². The first kappa shape index (κ1) is 17.5. The number of hydrogen-bond acceptors (Lipinski definition) is 7. The molecule has 0 atom stereocenters. The Hall–Kier alpha value is -2.88. The zero-order chi connectivity index (χ0) is 17.7. The molecule has 1 amide bonds. The minimum absolute atomic E-state index is 0.0411. The lowest BCUT2D eigenvalue weighted by molar-refractivity contribution is -0.118. The Morgan fingerprint density at radius 3 is 2.79 bits per heavy atom. The molecule has 1 aromatic heterocycles. The van der Waals surface area contributed by atoms with E-state index in [2.05, 4.69) is 15.6 Å². The number of phenols is 1. The van der Waals surface area contributed by atoms with E-state index in [0.29, 0.717) is 5.56 Å². The average molecular weight is 349 g/mol. The lowest BCUT2D eigenvalue weighted by Crippen LogP contribution is -2.39. The molecule has 2 aromatic rings. The van der Waals surface area contributed by atoms with E-state index in [0.717, 1.165) is 21.0 Å². The Morgan fingerprint density at radius 1 is 1.38 bits per heavy atom. The van der Waals surface area contributed by atoms with Gasteiger partial charge in [-0.2, -0.15) is 10.2 Å². The Labute approximate surface area is 140 Å². The monoisotopic (exact) mass is 349 g/mol. The van der Waals surface area contributed by atoms with Crippen LogP contribution in [0.1, 0.15) is 5.56 Å². The van der Waals surface area contributed by atoms with Crippen LogP contribution in [0.2, 0.25) is 0 Å². The number of benzene rings is 1. The summed E-state index contributed by atoms with van der Waals surface area (Å²) in [6, 6.07) is 6.53. The molecule has 0 aliphatic carbocycles. The zero-order valence-electron chi connectivity index (χ0n) is 13.0. The van der Waals surface area contributed by atoms with Crippen LogP contribution in [0.15, 0.2) is 44.0 Å². The topological polar surface area (TPSA) is 119 Å². The van der Waals surface area contributed by atoms with Gasteiger partial charge in [0.25, 0.3) is 5.56 Å². The molecular formula is C14H15N5O4S. The van der Waals surface area contributed by atoms with Gasteiger partial charge in [0.15, 0.2) is 5.03 Å². The third-order valence-electron chi connectivity index (χ3n) is 2.96. The number of thioether (sulfide) groups is 1. The fourth-order valence-electron chi connectivity index (χ4n) is 1.70. The first-order chi connectivity index (χ1) is 11.4. The van der Waals surface area contributed by atoms with E-state index in [-0.39, 0.29) is 16.5 Å². The van der Waals surface area contributed by atoms with Crippen molar-refractivity contribution >= 4 is 23.9 Å². The number of amides is 1. The van der Waals surface area contributed by atoms with Gasteiger partial charge >= 0.3 is 5.69 Å². The smallest absolute Gasteiger partial charge is 0.346 e. The van der Waals surface area contributed by atoms with Gasteiger partial charge in [-0.3, -0.25) is 14.2 Å². The van der Waals surface area contributed by atoms with Gasteiger partial charge in [-0.1, -0.05) is 23.9 Å². The Kier molecular flexibility index (Phi) is 5.53. The van der Waals surface area contributed by atoms with E-state index < -0.39 is 17.2 Å². The summed E-state index contributed by atoms with van der Waals surface area (Å²) < 4.78 is 1.95. The van der Waals surface area contributed by atoms with Crippen LogP contribution in [0.4, 0.5) is 0 Å². The molecule has 0 spiro atoms. The normalized spacial score (nSPS) is 10.9. The highest BCUT2D eigenvalue weighted by molar-refractivity contribution is 7.99. The van der Waals surface area contributed by atoms with Crippen LogP contribution in [0.25, 0.3) is 0 Å². The number of aromatic hydroxyl groups is 1. The molecular weight excluding hydrogens is 334 g/mol. The first-order valence-electron chi connectivity index (χ1n) is 6.77. The Morgan fingerprint density at radius 2 is 2.08 bits per heavy atom. The third-order valence-corrected chi connectivity index (χ3v) is 3.90. The number of hydrazone groups is 1. The Balaban J connectivity index is 1.96. The van der Waals surface area contributed by atoms with E-state index in [9.17, 15) is 19.5 Å². The minimum atomic E-state index is -0.561. The summed E-state index contributed by atoms with van der Waals surface area (Å²) in [7, 11) is 2.76. The van der Waals surface area contributed by atoms with Gasteiger partial charge in [-0.25, -0.2) is 14.9 Å². The van der Waals surface area contributed by atoms with Crippen molar-refractivity contribution in [1.82, 2.24) is 19.8 Å². The van der Waals surface area contributed by atoms with Crippen LogP contribution >= 0.6 is 11.8 Å². The van der Waals surface area contributed by atoms with E-state index in [4.69, 9.17) is 0 Å². The second-order valence-electron chi connectivity index (χ2n) is 4.72. The zero-order valence-corrected chi connectivity index (χ0v) is 13.8. The van der Waals surface area contributed by atoms with Crippen molar-refractivity contribution in [3.8, 4) is 5.75 Å². The highest BCUT2D eigenvalue weighted by Crippen LogP contribution is 2.12. The quantitative estimate of drug-likeness (QED) is 0.424. The number of carbonyl (C=O) groups is 1. The number of rotatable bonds is 5. The van der Waals surface area contributed by atoms with Crippen molar-refractivity contribution in [1.29, 1.82) is 0 Å². The van der Waals surface area contributed by atoms with Crippen molar-refractivity contribution < 1.29 is 9.90 Å². The fraction of sp³-hybridized carbons (Fsp3) is 0.214. The maximum atomic E-state index is 11.9. The Bertz CT molecular complexity index is 903. The van der Waals surface area contributed by atoms with Crippen molar-refractivity contribution in [3.63, 3.8) is 0 Å². The van der Waals surface area contributed by atoms with Crippen LogP contribution in [-0.4, -0.2) is 37.3 Å². The van der Waals surface area contributed by atoms with Crippen molar-refractivity contribution in [3.05, 3.63) is 50.7 Å². The highest BCUT2D eigenvalue weighted by atomic mass is 32.2. The number of para-hydroxylation sites is 1. The lowest BCUT2D eigenvalue weighted by Gasteiger charge is -2.04. The van der Waals surface area contributed by atoms with Gasteiger partial charge in [0.1, 0.15) is 5.75 Å². The largest absolute Gasteiger partial charge is 0.507 e. The third kappa shape index (κ3) is 4.10. The highest BCUT2D eigenvalue weighted by Gasteiger charge is 2.11. The van der Waals surface area contributed by atoms with Crippen molar-refractivity contribution in [2.45, 2.75) is 5.03 Å². The number of nitrogens with zero attached hydrogens (tertiary/aromatic N) is 4. The maximum Gasteiger partial charge on any atom is 0.346 e. The second-order valence-corrected chi connectivity index (χ2v) is 5.68. The van der Waals surface area contributed by atoms with Gasteiger partial charge in [-0.05, 0) is 12.1 Å². The summed E-state index contributed by atoms with van der Waals surface area (Å²) in [5.41, 5.74) is 1.64. The number of phenolic OH excluding ortho intramolecular Hbond substituents is 1. The molecule has 0 unspecified atom stereocenters. The van der Waals surface area contributed by atoms with E-state index >= 15 is 0 Å². The molecule has 0 saturated carbocycles. The molecule has 2 rings (SSSR count). The molecule has 0 aliphatic heterocycles. The molecule has 0 fully saturated rings. The molecule has 1 aromatic carbocycles. The number of aryl methyl sites for hydroxylation is 1. The predicted molar refractivity (Wildman–Crippen MR) is 89.3 cm³/mol. The van der Waals surface area contributed by atoms with Crippen LogP contribution in [0.3, 0.4) is 0 Å². The number of hydrogen-bond donors (Lipinski definition) is 2. The average Bonchev–Trinajstić information content (AvgIpc) is 2.57. The van der Waals surface area contributed by atoms with Crippen molar-refractivity contribution in [2.75, 3.05) is 5.75 Å². The molecule has 2 N–H and O–H groups in total. The summed E-state index contributed by atoms with van der Waals surface area (Å²) in [5, 5.41) is 17.1. The summed E-state index contributed by atoms with van der Waals surface area (Å²) in [5.74, 6) is -0.509. The molecule has 9 nitrogen and oxygen atoms in total. The van der Waals surface area contributed by atoms with E-state index in [1.807, 2.05) is 0 Å². The van der Waals surface area contributed by atoms with Crippen LogP contribution in [-0.2, 0) is 18.9 Å². The van der Waals surface area contributed by atoms with Crippen molar-refractivity contribution in [2.24, 2.45) is 19.2 Å². The SMILES string of the molecule is Cn1nc(SCC(=O)N/N=C/c2ccccc2O)c(=O)n(C)c1=O. The predicted octanol–water partition coefficient (Wildman–Crippen LogP) is -0.573. The second kappa shape index (κ2) is 7.59. The summed E-state index contributed by atoms with van der Waals surface area (Å²) in [4.78, 5) is 35.1. The molecule has 0 bridgehead atoms. The lowest BCUT2D eigenvalue weighted by atomic mass is 10.2. The summed E-state index contributed by atoms with van der Waals surface area (Å²) >= 11 is 0.902. The van der Waals surface area contributed by atoms with Crippen LogP contribution in [0, 0.1) is 0 Å². The molecule has 126 valence electrons. The van der Waals surface area contributed by atoms with Gasteiger partial charge in [0.2, 0.25) is 5.91 Å². The summed E-state index contributed by atoms with van der Waals surface area (Å²) in [6.45, 7) is 0.